The van der Waals surface area contributed by atoms with Gasteiger partial charge in [0.1, 0.15) is 0 Å². The summed E-state index contributed by atoms with van der Waals surface area (Å²) in [6, 6.07) is 6.46. The molecule has 0 atom stereocenters. The van der Waals surface area contributed by atoms with Crippen molar-refractivity contribution in [3.05, 3.63) is 29.3 Å². The maximum absolute atomic E-state index is 2.17. The zero-order valence-corrected chi connectivity index (χ0v) is 11.4. The van der Waals surface area contributed by atoms with E-state index < -0.39 is 0 Å². The zero-order valence-electron chi connectivity index (χ0n) is 6.32. The molecule has 0 aliphatic carbocycles. The smallest absolute Gasteiger partial charge is 1.00 e. The van der Waals surface area contributed by atoms with Crippen LogP contribution in [0.2, 0.25) is 0 Å². The number of hydrogen-bond donors (Lipinski definition) is 0. The monoisotopic (exact) mass is 296 g/mol. The summed E-state index contributed by atoms with van der Waals surface area (Å²) in [5.41, 5.74) is 2.88. The molecule has 0 bridgehead atoms. The Balaban J connectivity index is 0.000000810. The Kier molecular flexibility index (Phi) is 4.71. The van der Waals surface area contributed by atoms with Crippen molar-refractivity contribution >= 4 is 4.16 Å². The molecule has 10 heavy (non-hydrogen) atoms. The van der Waals surface area contributed by atoms with E-state index in [1.807, 2.05) is 0 Å². The summed E-state index contributed by atoms with van der Waals surface area (Å²) < 4.78 is 1.54. The van der Waals surface area contributed by atoms with Gasteiger partial charge >= 0.3 is 65.6 Å². The first-order chi connectivity index (χ1) is 4.22. The van der Waals surface area contributed by atoms with E-state index in [0.29, 0.717) is 0 Å². The quantitative estimate of drug-likeness (QED) is 0.403. The Morgan fingerprint density at radius 1 is 1.10 bits per heavy atom. The molecule has 0 fully saturated rings. The van der Waals surface area contributed by atoms with Crippen LogP contribution in [0.4, 0.5) is 0 Å². The molecular weight excluding hydrogens is 288 g/mol. The van der Waals surface area contributed by atoms with E-state index in [4.69, 9.17) is 0 Å². The molecule has 50 valence electrons. The van der Waals surface area contributed by atoms with Crippen molar-refractivity contribution < 1.29 is 42.3 Å². The fraction of sp³-hybridized carbons (Fsp3) is 0.250. The summed E-state index contributed by atoms with van der Waals surface area (Å²) in [5, 5.41) is 0. The van der Waals surface area contributed by atoms with Crippen LogP contribution in [0.1, 0.15) is 11.1 Å². The van der Waals surface area contributed by atoms with Crippen molar-refractivity contribution in [2.75, 3.05) is 0 Å². The third kappa shape index (κ3) is 2.32. The van der Waals surface area contributed by atoms with Gasteiger partial charge in [0, 0.05) is 0 Å². The van der Waals surface area contributed by atoms with Gasteiger partial charge in [-0.05, 0) is 0 Å². The van der Waals surface area contributed by atoms with Crippen LogP contribution < -0.4 is 28.1 Å². The van der Waals surface area contributed by atoms with Crippen LogP contribution in [-0.2, 0) is 18.3 Å². The maximum atomic E-state index is 2.17. The van der Waals surface area contributed by atoms with Crippen LogP contribution in [0, 0.1) is 13.8 Å². The predicted molar refractivity (Wildman–Crippen MR) is 35.5 cm³/mol. The third-order valence-electron chi connectivity index (χ3n) is 1.64. The second-order valence-corrected chi connectivity index (χ2v) is 3.85. The van der Waals surface area contributed by atoms with Crippen LogP contribution >= 0.6 is 0 Å². The topological polar surface area (TPSA) is 0 Å². The largest absolute Gasteiger partial charge is 1.00 e. The molecule has 0 aliphatic heterocycles. The van der Waals surface area contributed by atoms with Gasteiger partial charge in [0.15, 0.2) is 0 Å². The van der Waals surface area contributed by atoms with Gasteiger partial charge in [-0.3, -0.25) is 0 Å². The fourth-order valence-corrected chi connectivity index (χ4v) is 1.34. The summed E-state index contributed by atoms with van der Waals surface area (Å²) in [6.07, 6.45) is 0. The molecule has 0 aromatic heterocycles. The summed E-state index contributed by atoms with van der Waals surface area (Å²) in [5.74, 6) is 0. The molecule has 0 nitrogen and oxygen atoms in total. The van der Waals surface area contributed by atoms with Crippen LogP contribution in [0.3, 0.4) is 0 Å². The van der Waals surface area contributed by atoms with E-state index in [0.717, 1.165) is 0 Å². The van der Waals surface area contributed by atoms with Crippen LogP contribution in [0.5, 0.6) is 0 Å². The summed E-state index contributed by atoms with van der Waals surface area (Å²) >= 11 is 1.28. The van der Waals surface area contributed by atoms with Gasteiger partial charge in [0.2, 0.25) is 0 Å². The Morgan fingerprint density at radius 2 is 1.50 bits per heavy atom. The van der Waals surface area contributed by atoms with Crippen molar-refractivity contribution in [3.63, 3.8) is 0 Å². The molecule has 0 amide bonds. The zero-order chi connectivity index (χ0) is 6.85. The molecule has 1 aromatic carbocycles. The molecule has 0 saturated carbocycles. The first-order valence-electron chi connectivity index (χ1n) is 3.10. The van der Waals surface area contributed by atoms with Gasteiger partial charge in [0.05, 0.1) is 0 Å². The van der Waals surface area contributed by atoms with E-state index in [1.165, 1.54) is 33.6 Å². The minimum Gasteiger partial charge on any atom is -1.00 e. The number of halogens is 1. The second kappa shape index (κ2) is 4.45. The standard InChI is InChI=1S/C8H9.HI.Zn/c1-7-4-3-5-8(2)6-7;;/h3-5H,1-2H3;1H;/q;;+1/p-1. The summed E-state index contributed by atoms with van der Waals surface area (Å²) in [6.45, 7) is 4.34. The van der Waals surface area contributed by atoms with Gasteiger partial charge in [-0.25, -0.2) is 0 Å². The second-order valence-electron chi connectivity index (χ2n) is 2.37. The average Bonchev–Trinajstić information content (AvgIpc) is 1.83. The SMILES string of the molecule is Cc1cccc(C)[c]1[Zn+].[I-]. The van der Waals surface area contributed by atoms with E-state index >= 15 is 0 Å². The first-order valence-corrected chi connectivity index (χ1v) is 4.58. The average molecular weight is 297 g/mol. The Hall–Kier alpha value is 0.573. The normalized spacial score (nSPS) is 8.80. The molecule has 0 spiro atoms. The van der Waals surface area contributed by atoms with Crippen LogP contribution in [-0.4, -0.2) is 0 Å². The van der Waals surface area contributed by atoms with E-state index in [1.54, 1.807) is 0 Å². The molecule has 0 N–H and O–H groups in total. The molecule has 0 aliphatic rings. The molecule has 2 heteroatoms. The van der Waals surface area contributed by atoms with Crippen LogP contribution in [0.25, 0.3) is 0 Å². The Morgan fingerprint density at radius 3 is 1.80 bits per heavy atom. The predicted octanol–water partition coefficient (Wildman–Crippen LogP) is -1.52. The molecular formula is C8H9IZn. The molecule has 0 unspecified atom stereocenters. The van der Waals surface area contributed by atoms with Gasteiger partial charge < -0.3 is 24.0 Å². The Bertz CT molecular complexity index is 200. The van der Waals surface area contributed by atoms with E-state index in [-0.39, 0.29) is 24.0 Å². The van der Waals surface area contributed by atoms with Gasteiger partial charge in [-0.1, -0.05) is 0 Å². The third-order valence-corrected chi connectivity index (χ3v) is 3.98. The summed E-state index contributed by atoms with van der Waals surface area (Å²) in [4.78, 5) is 0. The molecule has 1 aromatic rings. The van der Waals surface area contributed by atoms with E-state index in [2.05, 4.69) is 32.0 Å². The fourth-order valence-electron chi connectivity index (χ4n) is 0.849. The van der Waals surface area contributed by atoms with Crippen molar-refractivity contribution in [1.29, 1.82) is 0 Å². The minimum atomic E-state index is 0. The van der Waals surface area contributed by atoms with E-state index in [9.17, 15) is 0 Å². The number of benzene rings is 1. The van der Waals surface area contributed by atoms with Crippen molar-refractivity contribution in [2.24, 2.45) is 0 Å². The van der Waals surface area contributed by atoms with Gasteiger partial charge in [-0.15, -0.1) is 0 Å². The minimum absolute atomic E-state index is 0. The van der Waals surface area contributed by atoms with Crippen LogP contribution in [0.15, 0.2) is 18.2 Å². The molecule has 0 radical (unpaired) electrons. The summed E-state index contributed by atoms with van der Waals surface area (Å²) in [7, 11) is 0. The first kappa shape index (κ1) is 10.6. The van der Waals surface area contributed by atoms with Crippen molar-refractivity contribution in [1.82, 2.24) is 0 Å². The van der Waals surface area contributed by atoms with Crippen molar-refractivity contribution in [3.8, 4) is 0 Å². The Labute approximate surface area is 89.1 Å². The van der Waals surface area contributed by atoms with Gasteiger partial charge in [-0.2, -0.15) is 0 Å². The molecule has 0 heterocycles. The van der Waals surface area contributed by atoms with Crippen molar-refractivity contribution in [2.45, 2.75) is 13.8 Å². The van der Waals surface area contributed by atoms with Gasteiger partial charge in [0.25, 0.3) is 0 Å². The number of hydrogen-bond acceptors (Lipinski definition) is 0. The number of aryl methyl sites for hydroxylation is 2. The molecule has 1 rings (SSSR count). The number of rotatable bonds is 0. The maximum Gasteiger partial charge on any atom is -1.00 e. The molecule has 0 saturated heterocycles.